The number of hydrogen-bond donors (Lipinski definition) is 0. The van der Waals surface area contributed by atoms with Gasteiger partial charge >= 0.3 is 5.76 Å². The normalized spacial score (nSPS) is 23.6. The van der Waals surface area contributed by atoms with Gasteiger partial charge in [-0.15, -0.1) is 0 Å². The lowest BCUT2D eigenvalue weighted by molar-refractivity contribution is -0.117. The van der Waals surface area contributed by atoms with Crippen molar-refractivity contribution in [3.8, 4) is 0 Å². The van der Waals surface area contributed by atoms with Crippen LogP contribution in [-0.2, 0) is 14.8 Å². The quantitative estimate of drug-likeness (QED) is 0.781. The molecule has 1 fully saturated rings. The Labute approximate surface area is 100 Å². The predicted octanol–water partition coefficient (Wildman–Crippen LogP) is 1.76. The maximum absolute atomic E-state index is 12.5. The van der Waals surface area contributed by atoms with Crippen LogP contribution in [0.4, 0.5) is 8.78 Å². The molecule has 0 aliphatic carbocycles. The second-order valence-electron chi connectivity index (χ2n) is 4.33. The van der Waals surface area contributed by atoms with Crippen LogP contribution in [0.1, 0.15) is 39.0 Å². The van der Waals surface area contributed by atoms with Crippen molar-refractivity contribution < 1.29 is 22.0 Å². The zero-order valence-corrected chi connectivity index (χ0v) is 10.5. The molecule has 0 aromatic carbocycles. The van der Waals surface area contributed by atoms with Gasteiger partial charge in [-0.1, -0.05) is 12.8 Å². The predicted molar refractivity (Wildman–Crippen MR) is 59.2 cm³/mol. The summed E-state index contributed by atoms with van der Waals surface area (Å²) in [7, 11) is -4.57. The molecule has 0 N–H and O–H groups in total. The molecule has 1 rings (SSSR count). The third-order valence-electron chi connectivity index (χ3n) is 2.90. The van der Waals surface area contributed by atoms with Gasteiger partial charge in [-0.2, -0.15) is 13.1 Å². The Morgan fingerprint density at radius 2 is 2.00 bits per heavy atom. The Hall–Kier alpha value is -0.560. The van der Waals surface area contributed by atoms with E-state index in [0.29, 0.717) is 12.8 Å². The van der Waals surface area contributed by atoms with Crippen molar-refractivity contribution in [2.24, 2.45) is 0 Å². The van der Waals surface area contributed by atoms with Crippen LogP contribution < -0.4 is 0 Å². The summed E-state index contributed by atoms with van der Waals surface area (Å²) in [5.41, 5.74) is 0. The van der Waals surface area contributed by atoms with Crippen LogP contribution in [0.3, 0.4) is 0 Å². The van der Waals surface area contributed by atoms with E-state index in [1.54, 1.807) is 0 Å². The summed E-state index contributed by atoms with van der Waals surface area (Å²) in [6.07, 6.45) is 2.65. The van der Waals surface area contributed by atoms with Gasteiger partial charge in [0.25, 0.3) is 10.0 Å². The average molecular weight is 269 g/mol. The van der Waals surface area contributed by atoms with Crippen LogP contribution in [0.5, 0.6) is 0 Å². The van der Waals surface area contributed by atoms with Gasteiger partial charge in [0.15, 0.2) is 0 Å². The molecule has 4 nitrogen and oxygen atoms in total. The molecule has 0 aromatic rings. The Balaban J connectivity index is 2.93. The highest BCUT2D eigenvalue weighted by molar-refractivity contribution is 7.89. The molecule has 1 atom stereocenters. The maximum Gasteiger partial charge on any atom is 0.350 e. The van der Waals surface area contributed by atoms with E-state index in [0.717, 1.165) is 17.1 Å². The van der Waals surface area contributed by atoms with Crippen LogP contribution in [0.25, 0.3) is 0 Å². The molecule has 1 heterocycles. The molecule has 7 heteroatoms. The van der Waals surface area contributed by atoms with Crippen molar-refractivity contribution in [1.82, 2.24) is 4.31 Å². The Morgan fingerprint density at radius 1 is 1.35 bits per heavy atom. The van der Waals surface area contributed by atoms with E-state index < -0.39 is 21.8 Å². The fraction of sp³-hybridized carbons (Fsp3) is 0.900. The van der Waals surface area contributed by atoms with E-state index in [9.17, 15) is 22.0 Å². The third-order valence-corrected chi connectivity index (χ3v) is 4.48. The van der Waals surface area contributed by atoms with Gasteiger partial charge in [0.1, 0.15) is 5.78 Å². The molecule has 0 spiro atoms. The third kappa shape index (κ3) is 3.70. The van der Waals surface area contributed by atoms with Crippen LogP contribution in [0.2, 0.25) is 0 Å². The minimum absolute atomic E-state index is 0.0198. The number of hydrogen-bond acceptors (Lipinski definition) is 3. The first-order valence-corrected chi connectivity index (χ1v) is 7.14. The Kier molecular flexibility index (Phi) is 5.00. The second-order valence-corrected chi connectivity index (χ2v) is 6.18. The molecule has 17 heavy (non-hydrogen) atoms. The molecule has 1 unspecified atom stereocenters. The van der Waals surface area contributed by atoms with Crippen molar-refractivity contribution in [1.29, 1.82) is 0 Å². The molecule has 1 saturated heterocycles. The lowest BCUT2D eigenvalue weighted by Gasteiger charge is -2.27. The molecule has 0 bridgehead atoms. The van der Waals surface area contributed by atoms with E-state index in [-0.39, 0.29) is 18.7 Å². The minimum Gasteiger partial charge on any atom is -0.300 e. The summed E-state index contributed by atoms with van der Waals surface area (Å²) in [5, 5.41) is 0. The largest absolute Gasteiger partial charge is 0.350 e. The van der Waals surface area contributed by atoms with E-state index in [1.807, 2.05) is 0 Å². The topological polar surface area (TPSA) is 54.5 Å². The number of ketones is 1. The molecule has 100 valence electrons. The van der Waals surface area contributed by atoms with Gasteiger partial charge in [-0.25, -0.2) is 8.42 Å². The summed E-state index contributed by atoms with van der Waals surface area (Å²) in [5.74, 6) is -3.58. The average Bonchev–Trinajstić information content (AvgIpc) is 2.42. The van der Waals surface area contributed by atoms with E-state index in [2.05, 4.69) is 0 Å². The van der Waals surface area contributed by atoms with Crippen LogP contribution in [0.15, 0.2) is 0 Å². The second kappa shape index (κ2) is 5.86. The van der Waals surface area contributed by atoms with Crippen molar-refractivity contribution in [3.63, 3.8) is 0 Å². The van der Waals surface area contributed by atoms with Crippen LogP contribution in [-0.4, -0.2) is 36.9 Å². The monoisotopic (exact) mass is 269 g/mol. The summed E-state index contributed by atoms with van der Waals surface area (Å²) < 4.78 is 48.9. The zero-order valence-electron chi connectivity index (χ0n) is 9.73. The first kappa shape index (κ1) is 14.5. The van der Waals surface area contributed by atoms with E-state index in [4.69, 9.17) is 0 Å². The summed E-state index contributed by atoms with van der Waals surface area (Å²) in [6, 6.07) is -0.603. The fourth-order valence-electron chi connectivity index (χ4n) is 2.12. The molecular weight excluding hydrogens is 252 g/mol. The molecule has 0 radical (unpaired) electrons. The van der Waals surface area contributed by atoms with Gasteiger partial charge < -0.3 is 0 Å². The first-order chi connectivity index (χ1) is 7.85. The Bertz CT molecular complexity index is 370. The number of Topliss-reactive ketones (excluding diaryl/α,β-unsaturated/α-hetero) is 1. The lowest BCUT2D eigenvalue weighted by Crippen LogP contribution is -2.43. The molecule has 1 aliphatic heterocycles. The number of carbonyl (C=O) groups excluding carboxylic acids is 1. The number of alkyl halides is 2. The number of halogens is 2. The molecule has 0 saturated carbocycles. The summed E-state index contributed by atoms with van der Waals surface area (Å²) in [6.45, 7) is 1.43. The number of carbonyl (C=O) groups is 1. The van der Waals surface area contributed by atoms with Crippen LogP contribution in [0, 0.1) is 0 Å². The van der Waals surface area contributed by atoms with Crippen molar-refractivity contribution in [2.45, 2.75) is 50.8 Å². The number of sulfonamides is 1. The number of rotatable bonds is 4. The van der Waals surface area contributed by atoms with E-state index >= 15 is 0 Å². The highest BCUT2D eigenvalue weighted by atomic mass is 32.2. The molecule has 1 aliphatic rings. The Morgan fingerprint density at radius 3 is 2.53 bits per heavy atom. The van der Waals surface area contributed by atoms with Gasteiger partial charge in [0.05, 0.1) is 0 Å². The van der Waals surface area contributed by atoms with Crippen molar-refractivity contribution >= 4 is 15.8 Å². The zero-order chi connectivity index (χ0) is 13.1. The fourth-order valence-corrected chi connectivity index (χ4v) is 3.31. The summed E-state index contributed by atoms with van der Waals surface area (Å²) >= 11 is 0. The summed E-state index contributed by atoms with van der Waals surface area (Å²) in [4.78, 5) is 11.1. The van der Waals surface area contributed by atoms with Gasteiger partial charge in [0, 0.05) is 19.0 Å². The van der Waals surface area contributed by atoms with Crippen LogP contribution >= 0.6 is 0 Å². The SMILES string of the molecule is CC(=O)CC1CCCCCN1S(=O)(=O)C(F)F. The first-order valence-electron chi connectivity index (χ1n) is 5.64. The standard InChI is InChI=1S/C10H17F2NO3S/c1-8(14)7-9-5-3-2-4-6-13(9)17(15,16)10(11)12/h9-10H,2-7H2,1H3. The van der Waals surface area contributed by atoms with Crippen molar-refractivity contribution in [2.75, 3.05) is 6.54 Å². The van der Waals surface area contributed by atoms with Crippen molar-refractivity contribution in [3.05, 3.63) is 0 Å². The number of nitrogens with zero attached hydrogens (tertiary/aromatic N) is 1. The molecule has 0 amide bonds. The lowest BCUT2D eigenvalue weighted by atomic mass is 10.1. The van der Waals surface area contributed by atoms with Gasteiger partial charge in [-0.3, -0.25) is 4.79 Å². The smallest absolute Gasteiger partial charge is 0.300 e. The van der Waals surface area contributed by atoms with Gasteiger partial charge in [-0.05, 0) is 19.8 Å². The molecule has 0 aromatic heterocycles. The van der Waals surface area contributed by atoms with Gasteiger partial charge in [0.2, 0.25) is 0 Å². The van der Waals surface area contributed by atoms with E-state index in [1.165, 1.54) is 6.92 Å². The molecular formula is C10H17F2NO3S. The highest BCUT2D eigenvalue weighted by Crippen LogP contribution is 2.25. The minimum atomic E-state index is -4.57. The maximum atomic E-state index is 12.5. The highest BCUT2D eigenvalue weighted by Gasteiger charge is 2.37.